The van der Waals surface area contributed by atoms with Crippen molar-refractivity contribution in [2.75, 3.05) is 0 Å². The van der Waals surface area contributed by atoms with Crippen LogP contribution in [0.4, 0.5) is 0 Å². The van der Waals surface area contributed by atoms with Crippen molar-refractivity contribution < 1.29 is 0 Å². The Hall–Kier alpha value is -4.03. The molecule has 0 saturated carbocycles. The summed E-state index contributed by atoms with van der Waals surface area (Å²) in [4.78, 5) is 11.4. The van der Waals surface area contributed by atoms with Crippen LogP contribution in [0.2, 0.25) is 0 Å². The van der Waals surface area contributed by atoms with Gasteiger partial charge in [0.25, 0.3) is 0 Å². The van der Waals surface area contributed by atoms with Crippen LogP contribution in [-0.2, 0) is 6.54 Å². The molecule has 3 aromatic heterocycles. The highest BCUT2D eigenvalue weighted by atomic mass is 32.1. The van der Waals surface area contributed by atoms with Crippen LogP contribution in [-0.4, -0.2) is 24.5 Å². The Labute approximate surface area is 203 Å². The van der Waals surface area contributed by atoms with Gasteiger partial charge in [0.15, 0.2) is 5.11 Å². The molecule has 1 N–H and O–H groups in total. The molecule has 166 valence electrons. The number of nitrogens with one attached hydrogen (secondary N) is 1. The molecular weight excluding hydrogens is 438 g/mol. The first-order chi connectivity index (χ1) is 16.8. The summed E-state index contributed by atoms with van der Waals surface area (Å²) in [7, 11) is 0. The van der Waals surface area contributed by atoms with Gasteiger partial charge in [0, 0.05) is 30.0 Å². The minimum atomic E-state index is -0.0773. The van der Waals surface area contributed by atoms with Crippen LogP contribution in [0, 0.1) is 0 Å². The Morgan fingerprint density at radius 1 is 0.794 bits per heavy atom. The molecular formula is C28H23N5S. The van der Waals surface area contributed by atoms with E-state index in [-0.39, 0.29) is 12.1 Å². The van der Waals surface area contributed by atoms with E-state index in [1.165, 1.54) is 10.8 Å². The zero-order valence-electron chi connectivity index (χ0n) is 18.5. The molecule has 5 aromatic rings. The van der Waals surface area contributed by atoms with E-state index in [4.69, 9.17) is 12.2 Å². The van der Waals surface area contributed by atoms with Gasteiger partial charge in [0.1, 0.15) is 0 Å². The maximum Gasteiger partial charge on any atom is 0.170 e. The number of thiocarbonyl (C=S) groups is 1. The van der Waals surface area contributed by atoms with Gasteiger partial charge in [-0.1, -0.05) is 42.5 Å². The molecule has 6 heteroatoms. The lowest BCUT2D eigenvalue weighted by Gasteiger charge is -2.28. The van der Waals surface area contributed by atoms with Crippen molar-refractivity contribution in [1.29, 1.82) is 0 Å². The molecule has 1 aliphatic heterocycles. The van der Waals surface area contributed by atoms with Crippen molar-refractivity contribution in [2.45, 2.75) is 18.6 Å². The van der Waals surface area contributed by atoms with Crippen LogP contribution < -0.4 is 5.32 Å². The van der Waals surface area contributed by atoms with Crippen molar-refractivity contribution in [3.8, 4) is 5.69 Å². The average Bonchev–Trinajstić information content (AvgIpc) is 3.49. The number of hydrogen-bond acceptors (Lipinski definition) is 3. The normalized spacial score (nSPS) is 17.8. The lowest BCUT2D eigenvalue weighted by Crippen LogP contribution is -2.30. The van der Waals surface area contributed by atoms with Gasteiger partial charge in [0.2, 0.25) is 0 Å². The summed E-state index contributed by atoms with van der Waals surface area (Å²) in [6.07, 6.45) is 5.78. The summed E-state index contributed by atoms with van der Waals surface area (Å²) < 4.78 is 2.26. The van der Waals surface area contributed by atoms with Gasteiger partial charge in [-0.05, 0) is 71.5 Å². The summed E-state index contributed by atoms with van der Waals surface area (Å²) in [5, 5.41) is 6.69. The summed E-state index contributed by atoms with van der Waals surface area (Å²) in [6.45, 7) is 0.615. The van der Waals surface area contributed by atoms with E-state index in [9.17, 15) is 0 Å². The van der Waals surface area contributed by atoms with Crippen LogP contribution in [0.25, 0.3) is 16.5 Å². The lowest BCUT2D eigenvalue weighted by molar-refractivity contribution is 0.299. The number of fused-ring (bicyclic) bond motifs is 1. The second-order valence-electron chi connectivity index (χ2n) is 8.41. The van der Waals surface area contributed by atoms with Crippen LogP contribution >= 0.6 is 12.2 Å². The Kier molecular flexibility index (Phi) is 5.28. The Balaban J connectivity index is 1.46. The Bertz CT molecular complexity index is 1450. The Morgan fingerprint density at radius 3 is 2.38 bits per heavy atom. The van der Waals surface area contributed by atoms with Crippen LogP contribution in [0.15, 0.2) is 110 Å². The third kappa shape index (κ3) is 3.72. The highest BCUT2D eigenvalue weighted by Gasteiger charge is 2.41. The molecule has 1 aliphatic rings. The van der Waals surface area contributed by atoms with E-state index in [1.54, 1.807) is 0 Å². The van der Waals surface area contributed by atoms with Gasteiger partial charge in [-0.15, -0.1) is 0 Å². The number of hydrogen-bond donors (Lipinski definition) is 1. The molecule has 6 rings (SSSR count). The molecule has 0 radical (unpaired) electrons. The highest BCUT2D eigenvalue weighted by molar-refractivity contribution is 7.80. The summed E-state index contributed by atoms with van der Waals surface area (Å²) in [6, 6.07) is 31.2. The molecule has 1 saturated heterocycles. The summed E-state index contributed by atoms with van der Waals surface area (Å²) in [5.74, 6) is 0. The first kappa shape index (κ1) is 20.6. The zero-order chi connectivity index (χ0) is 22.9. The first-order valence-corrected chi connectivity index (χ1v) is 11.7. The van der Waals surface area contributed by atoms with E-state index in [0.717, 1.165) is 22.8 Å². The standard InChI is InChI=1S/C28H23N5S/c34-28-31-26(24-11-4-6-16-30-24)27(33(28)19-22-10-3-5-15-29-22)25-12-7-17-32(25)23-14-13-20-8-1-2-9-21(20)18-23/h1-18,26-27H,19H2,(H,31,34)/t26-,27+/m0/s1. The monoisotopic (exact) mass is 461 g/mol. The first-order valence-electron chi connectivity index (χ1n) is 11.3. The fourth-order valence-electron chi connectivity index (χ4n) is 4.76. The quantitative estimate of drug-likeness (QED) is 0.346. The highest BCUT2D eigenvalue weighted by Crippen LogP contribution is 2.40. The molecule has 0 amide bonds. The molecule has 1 fully saturated rings. The van der Waals surface area contributed by atoms with Crippen LogP contribution in [0.5, 0.6) is 0 Å². The topological polar surface area (TPSA) is 46.0 Å². The second-order valence-corrected chi connectivity index (χ2v) is 8.80. The molecule has 2 aromatic carbocycles. The number of benzene rings is 2. The van der Waals surface area contributed by atoms with E-state index in [0.29, 0.717) is 11.7 Å². The van der Waals surface area contributed by atoms with Gasteiger partial charge in [-0.25, -0.2) is 0 Å². The maximum atomic E-state index is 5.84. The van der Waals surface area contributed by atoms with Crippen molar-refractivity contribution >= 4 is 28.1 Å². The van der Waals surface area contributed by atoms with Crippen LogP contribution in [0.1, 0.15) is 29.2 Å². The van der Waals surface area contributed by atoms with Gasteiger partial charge < -0.3 is 14.8 Å². The van der Waals surface area contributed by atoms with Crippen molar-refractivity contribution in [3.63, 3.8) is 0 Å². The molecule has 34 heavy (non-hydrogen) atoms. The SMILES string of the molecule is S=C1N[C@@H](c2ccccn2)[C@@H](c2cccn2-c2ccc3ccccc3c2)N1Cc1ccccn1. The maximum absolute atomic E-state index is 5.84. The predicted molar refractivity (Wildman–Crippen MR) is 139 cm³/mol. The van der Waals surface area contributed by atoms with Gasteiger partial charge >= 0.3 is 0 Å². The molecule has 0 spiro atoms. The number of rotatable bonds is 5. The molecule has 2 atom stereocenters. The molecule has 0 aliphatic carbocycles. The van der Waals surface area contributed by atoms with Crippen molar-refractivity contribution in [2.24, 2.45) is 0 Å². The number of pyridine rings is 2. The van der Waals surface area contributed by atoms with Gasteiger partial charge in [-0.3, -0.25) is 9.97 Å². The van der Waals surface area contributed by atoms with Crippen molar-refractivity contribution in [1.82, 2.24) is 24.8 Å². The second kappa shape index (κ2) is 8.72. The van der Waals surface area contributed by atoms with Crippen molar-refractivity contribution in [3.05, 3.63) is 127 Å². The van der Waals surface area contributed by atoms with Gasteiger partial charge in [-0.2, -0.15) is 0 Å². The summed E-state index contributed by atoms with van der Waals surface area (Å²) in [5.41, 5.74) is 4.20. The van der Waals surface area contributed by atoms with E-state index >= 15 is 0 Å². The third-order valence-corrected chi connectivity index (χ3v) is 6.70. The molecule has 5 nitrogen and oxygen atoms in total. The third-order valence-electron chi connectivity index (χ3n) is 6.35. The zero-order valence-corrected chi connectivity index (χ0v) is 19.3. The largest absolute Gasteiger partial charge is 0.352 e. The van der Waals surface area contributed by atoms with E-state index in [1.807, 2.05) is 42.7 Å². The fourth-order valence-corrected chi connectivity index (χ4v) is 5.07. The Morgan fingerprint density at radius 2 is 1.59 bits per heavy atom. The number of aromatic nitrogens is 3. The molecule has 0 bridgehead atoms. The summed E-state index contributed by atoms with van der Waals surface area (Å²) >= 11 is 5.84. The van der Waals surface area contributed by atoms with Gasteiger partial charge in [0.05, 0.1) is 30.0 Å². The van der Waals surface area contributed by atoms with Crippen LogP contribution in [0.3, 0.4) is 0 Å². The average molecular weight is 462 g/mol. The fraction of sp³-hybridized carbons (Fsp3) is 0.107. The smallest absolute Gasteiger partial charge is 0.170 e. The predicted octanol–water partition coefficient (Wildman–Crippen LogP) is 5.59. The minimum absolute atomic E-state index is 0.0501. The van der Waals surface area contributed by atoms with E-state index in [2.05, 4.69) is 91.6 Å². The van der Waals surface area contributed by atoms with E-state index < -0.39 is 0 Å². The minimum Gasteiger partial charge on any atom is -0.352 e. The molecule has 4 heterocycles. The lowest BCUT2D eigenvalue weighted by atomic mass is 10.0. The molecule has 0 unspecified atom stereocenters. The number of nitrogens with zero attached hydrogens (tertiary/aromatic N) is 4.